The maximum Gasteiger partial charge on any atom is 0.234 e. The average Bonchev–Trinajstić information content (AvgIpc) is 2.48. The largest absolute Gasteiger partial charge is 0.315 e. The Morgan fingerprint density at radius 2 is 2.42 bits per heavy atom. The van der Waals surface area contributed by atoms with Gasteiger partial charge in [-0.05, 0) is 11.5 Å². The van der Waals surface area contributed by atoms with Gasteiger partial charge in [0.25, 0.3) is 0 Å². The van der Waals surface area contributed by atoms with Crippen LogP contribution in [-0.4, -0.2) is 16.3 Å². The Morgan fingerprint density at radius 3 is 2.92 bits per heavy atom. The van der Waals surface area contributed by atoms with Crippen molar-refractivity contribution in [2.24, 2.45) is 0 Å². The summed E-state index contributed by atoms with van der Waals surface area (Å²) in [6.45, 7) is 12.1. The highest BCUT2D eigenvalue weighted by atomic mass is 15.3. The zero-order valence-electron chi connectivity index (χ0n) is 7.49. The molecule has 1 rings (SSSR count). The maximum absolute atomic E-state index is 6.63. The molecular weight excluding hydrogens is 150 g/mol. The number of nitrogens with zero attached hydrogens (tertiary/aromatic N) is 3. The summed E-state index contributed by atoms with van der Waals surface area (Å²) < 4.78 is 1.83. The van der Waals surface area contributed by atoms with E-state index in [0.29, 0.717) is 19.0 Å². The third kappa shape index (κ3) is 2.09. The summed E-state index contributed by atoms with van der Waals surface area (Å²) in [6, 6.07) is 0. The summed E-state index contributed by atoms with van der Waals surface area (Å²) in [4.78, 5) is 3.27. The van der Waals surface area contributed by atoms with Crippen LogP contribution in [0.2, 0.25) is 0 Å². The molecule has 0 saturated carbocycles. The molecule has 0 unspecified atom stereocenters. The third-order valence-electron chi connectivity index (χ3n) is 1.76. The van der Waals surface area contributed by atoms with E-state index in [1.807, 2.05) is 17.1 Å². The van der Waals surface area contributed by atoms with Gasteiger partial charge in [0, 0.05) is 6.20 Å². The van der Waals surface area contributed by atoms with Crippen LogP contribution in [0.15, 0.2) is 12.4 Å². The molecule has 3 heteroatoms. The first-order valence-corrected chi connectivity index (χ1v) is 4.09. The second-order valence-corrected chi connectivity index (χ2v) is 3.07. The van der Waals surface area contributed by atoms with Gasteiger partial charge in [-0.2, -0.15) is 5.10 Å². The Bertz CT molecular complexity index is 280. The van der Waals surface area contributed by atoms with E-state index in [9.17, 15) is 0 Å². The highest BCUT2D eigenvalue weighted by molar-refractivity contribution is 5.08. The van der Waals surface area contributed by atoms with Crippen molar-refractivity contribution in [1.29, 1.82) is 0 Å². The molecule has 0 saturated heterocycles. The van der Waals surface area contributed by atoms with E-state index in [4.69, 9.17) is 6.57 Å². The quantitative estimate of drug-likeness (QED) is 0.624. The fourth-order valence-electron chi connectivity index (χ4n) is 0.952. The SMILES string of the molecule is [C-]#[N+]CCn1cc(C(C)C)cn1. The predicted molar refractivity (Wildman–Crippen MR) is 47.8 cm³/mol. The van der Waals surface area contributed by atoms with Crippen molar-refractivity contribution in [2.75, 3.05) is 6.54 Å². The fraction of sp³-hybridized carbons (Fsp3) is 0.556. The van der Waals surface area contributed by atoms with Crippen LogP contribution >= 0.6 is 0 Å². The molecule has 0 aromatic carbocycles. The van der Waals surface area contributed by atoms with Gasteiger partial charge in [-0.1, -0.05) is 13.8 Å². The molecule has 1 aromatic rings. The van der Waals surface area contributed by atoms with Crippen LogP contribution in [0.4, 0.5) is 0 Å². The molecular formula is C9H13N3. The van der Waals surface area contributed by atoms with Crippen molar-refractivity contribution in [1.82, 2.24) is 9.78 Å². The van der Waals surface area contributed by atoms with Gasteiger partial charge in [-0.25, -0.2) is 6.57 Å². The smallest absolute Gasteiger partial charge is 0.234 e. The lowest BCUT2D eigenvalue weighted by Crippen LogP contribution is -1.99. The standard InChI is InChI=1S/C9H13N3/c1-8(2)9-6-11-12(7-9)5-4-10-3/h6-8H,4-5H2,1-2H3. The molecule has 0 aliphatic carbocycles. The topological polar surface area (TPSA) is 22.2 Å². The van der Waals surface area contributed by atoms with E-state index in [0.717, 1.165) is 0 Å². The van der Waals surface area contributed by atoms with E-state index in [-0.39, 0.29) is 0 Å². The summed E-state index contributed by atoms with van der Waals surface area (Å²) in [6.07, 6.45) is 3.88. The molecule has 0 aliphatic rings. The Morgan fingerprint density at radius 1 is 1.67 bits per heavy atom. The van der Waals surface area contributed by atoms with Crippen molar-refractivity contribution in [2.45, 2.75) is 26.3 Å². The monoisotopic (exact) mass is 163 g/mol. The molecule has 1 heterocycles. The summed E-state index contributed by atoms with van der Waals surface area (Å²) in [5.74, 6) is 0.520. The van der Waals surface area contributed by atoms with Gasteiger partial charge in [0.1, 0.15) is 6.54 Å². The lowest BCUT2D eigenvalue weighted by molar-refractivity contribution is 0.647. The van der Waals surface area contributed by atoms with E-state index in [2.05, 4.69) is 23.8 Å². The van der Waals surface area contributed by atoms with E-state index in [1.54, 1.807) is 0 Å². The highest BCUT2D eigenvalue weighted by Crippen LogP contribution is 2.11. The molecule has 1 aromatic heterocycles. The van der Waals surface area contributed by atoms with Crippen molar-refractivity contribution < 1.29 is 0 Å². The molecule has 0 fully saturated rings. The maximum atomic E-state index is 6.63. The number of hydrogen-bond donors (Lipinski definition) is 0. The van der Waals surface area contributed by atoms with E-state index < -0.39 is 0 Å². The molecule has 64 valence electrons. The first-order chi connectivity index (χ1) is 5.74. The van der Waals surface area contributed by atoms with Crippen molar-refractivity contribution in [3.63, 3.8) is 0 Å². The first kappa shape index (κ1) is 8.79. The Labute approximate surface area is 72.8 Å². The molecule has 0 spiro atoms. The van der Waals surface area contributed by atoms with Crippen LogP contribution in [0.25, 0.3) is 4.85 Å². The molecule has 0 atom stereocenters. The van der Waals surface area contributed by atoms with Crippen molar-refractivity contribution in [3.05, 3.63) is 29.4 Å². The second-order valence-electron chi connectivity index (χ2n) is 3.07. The van der Waals surface area contributed by atoms with Gasteiger partial charge >= 0.3 is 0 Å². The van der Waals surface area contributed by atoms with Gasteiger partial charge in [0.2, 0.25) is 6.54 Å². The minimum atomic E-state index is 0.513. The zero-order chi connectivity index (χ0) is 8.97. The lowest BCUT2D eigenvalue weighted by Gasteiger charge is -1.97. The zero-order valence-corrected chi connectivity index (χ0v) is 7.49. The average molecular weight is 163 g/mol. The Balaban J connectivity index is 2.59. The molecule has 0 radical (unpaired) electrons. The number of rotatable bonds is 3. The Hall–Kier alpha value is -1.30. The lowest BCUT2D eigenvalue weighted by atomic mass is 10.1. The predicted octanol–water partition coefficient (Wildman–Crippen LogP) is 1.93. The van der Waals surface area contributed by atoms with Crippen LogP contribution < -0.4 is 0 Å². The number of aromatic nitrogens is 2. The first-order valence-electron chi connectivity index (χ1n) is 4.09. The molecule has 12 heavy (non-hydrogen) atoms. The van der Waals surface area contributed by atoms with E-state index in [1.165, 1.54) is 5.56 Å². The van der Waals surface area contributed by atoms with Crippen LogP contribution in [0, 0.1) is 6.57 Å². The number of hydrogen-bond acceptors (Lipinski definition) is 1. The van der Waals surface area contributed by atoms with Crippen molar-refractivity contribution >= 4 is 0 Å². The molecule has 0 amide bonds. The fourth-order valence-corrected chi connectivity index (χ4v) is 0.952. The highest BCUT2D eigenvalue weighted by Gasteiger charge is 2.02. The van der Waals surface area contributed by atoms with Gasteiger partial charge in [-0.3, -0.25) is 4.68 Å². The summed E-state index contributed by atoms with van der Waals surface area (Å²) in [5, 5.41) is 4.15. The van der Waals surface area contributed by atoms with Gasteiger partial charge < -0.3 is 4.85 Å². The molecule has 3 nitrogen and oxygen atoms in total. The third-order valence-corrected chi connectivity index (χ3v) is 1.76. The van der Waals surface area contributed by atoms with E-state index >= 15 is 0 Å². The van der Waals surface area contributed by atoms with Crippen LogP contribution in [0.5, 0.6) is 0 Å². The Kier molecular flexibility index (Phi) is 2.87. The van der Waals surface area contributed by atoms with Crippen LogP contribution in [0.1, 0.15) is 25.3 Å². The van der Waals surface area contributed by atoms with Crippen molar-refractivity contribution in [3.8, 4) is 0 Å². The minimum Gasteiger partial charge on any atom is -0.315 e. The molecule has 0 aliphatic heterocycles. The normalized spacial score (nSPS) is 10.2. The van der Waals surface area contributed by atoms with Gasteiger partial charge in [0.15, 0.2) is 0 Å². The summed E-state index contributed by atoms with van der Waals surface area (Å²) >= 11 is 0. The molecule has 0 N–H and O–H groups in total. The van der Waals surface area contributed by atoms with Crippen LogP contribution in [0.3, 0.4) is 0 Å². The summed E-state index contributed by atoms with van der Waals surface area (Å²) in [7, 11) is 0. The van der Waals surface area contributed by atoms with Gasteiger partial charge in [0.05, 0.1) is 6.20 Å². The van der Waals surface area contributed by atoms with Crippen LogP contribution in [-0.2, 0) is 6.54 Å². The molecule has 0 bridgehead atoms. The minimum absolute atomic E-state index is 0.513. The summed E-state index contributed by atoms with van der Waals surface area (Å²) in [5.41, 5.74) is 1.24. The van der Waals surface area contributed by atoms with Gasteiger partial charge in [-0.15, -0.1) is 0 Å². The second kappa shape index (κ2) is 3.91.